The summed E-state index contributed by atoms with van der Waals surface area (Å²) in [6.07, 6.45) is 1.27. The molecule has 0 aliphatic heterocycles. The van der Waals surface area contributed by atoms with Gasteiger partial charge in [-0.3, -0.25) is 5.10 Å². The molecule has 0 aromatic carbocycles. The number of anilines is 1. The van der Waals surface area contributed by atoms with Crippen LogP contribution in [-0.2, 0) is 6.18 Å². The smallest absolute Gasteiger partial charge is 0.388 e. The molecule has 3 aromatic heterocycles. The Morgan fingerprint density at radius 2 is 1.96 bits per heavy atom. The van der Waals surface area contributed by atoms with Gasteiger partial charge in [0.05, 0.1) is 16.9 Å². The number of aromatic nitrogens is 4. The molecule has 4 rings (SSSR count). The highest BCUT2D eigenvalue weighted by Gasteiger charge is 2.36. The summed E-state index contributed by atoms with van der Waals surface area (Å²) in [4.78, 5) is 8.25. The van der Waals surface area contributed by atoms with Crippen LogP contribution in [0.15, 0.2) is 30.5 Å². The fourth-order valence-corrected chi connectivity index (χ4v) is 3.65. The van der Waals surface area contributed by atoms with E-state index in [0.29, 0.717) is 23.9 Å². The van der Waals surface area contributed by atoms with E-state index in [2.05, 4.69) is 25.5 Å². The van der Waals surface area contributed by atoms with E-state index in [0.717, 1.165) is 25.3 Å². The van der Waals surface area contributed by atoms with Gasteiger partial charge in [-0.2, -0.15) is 18.3 Å². The van der Waals surface area contributed by atoms with Crippen molar-refractivity contribution in [1.82, 2.24) is 20.2 Å². The van der Waals surface area contributed by atoms with Gasteiger partial charge in [0, 0.05) is 21.0 Å². The van der Waals surface area contributed by atoms with Crippen LogP contribution in [0.4, 0.5) is 19.0 Å². The standard InChI is InChI=1S/C19H20F3N5O.2H2/c20-19(21,22)13-6-7-14(24-11-18(28)8-2-1-3-9-18)25-16(13)15-12-5-4-10-23-17(12)27-26-15;;/h4-7,10,28H,1-3,8-9,11H2,(H,24,25)(H,23,26,27);2*1H. The molecule has 1 fully saturated rings. The zero-order valence-corrected chi connectivity index (χ0v) is 15.1. The fraction of sp³-hybridized carbons (Fsp3) is 0.421. The van der Waals surface area contributed by atoms with Gasteiger partial charge in [0.2, 0.25) is 0 Å². The van der Waals surface area contributed by atoms with E-state index < -0.39 is 17.3 Å². The third kappa shape index (κ3) is 3.66. The summed E-state index contributed by atoms with van der Waals surface area (Å²) in [5.74, 6) is 0.272. The molecule has 0 unspecified atom stereocenters. The molecule has 3 N–H and O–H groups in total. The van der Waals surface area contributed by atoms with E-state index in [1.807, 2.05) is 0 Å². The highest BCUT2D eigenvalue weighted by molar-refractivity contribution is 5.90. The highest BCUT2D eigenvalue weighted by Crippen LogP contribution is 2.38. The van der Waals surface area contributed by atoms with E-state index in [4.69, 9.17) is 0 Å². The molecule has 0 radical (unpaired) electrons. The Balaban J connectivity index is 0.00000160. The SMILES string of the molecule is OC1(CNc2ccc(C(F)(F)F)c(-c3[nH]nc4ncccc34)n2)CCCCC1.[HH].[HH]. The number of hydrogen-bond donors (Lipinski definition) is 3. The Labute approximate surface area is 162 Å². The first kappa shape index (κ1) is 18.7. The first-order valence-corrected chi connectivity index (χ1v) is 9.20. The van der Waals surface area contributed by atoms with Gasteiger partial charge in [-0.15, -0.1) is 0 Å². The number of nitrogens with one attached hydrogen (secondary N) is 2. The Morgan fingerprint density at radius 1 is 1.18 bits per heavy atom. The Morgan fingerprint density at radius 3 is 2.71 bits per heavy atom. The lowest BCUT2D eigenvalue weighted by Gasteiger charge is -2.32. The van der Waals surface area contributed by atoms with Crippen molar-refractivity contribution in [2.45, 2.75) is 43.9 Å². The van der Waals surface area contributed by atoms with Crippen molar-refractivity contribution in [3.8, 4) is 11.4 Å². The van der Waals surface area contributed by atoms with Crippen molar-refractivity contribution in [1.29, 1.82) is 0 Å². The van der Waals surface area contributed by atoms with Crippen LogP contribution in [0, 0.1) is 0 Å². The van der Waals surface area contributed by atoms with Gasteiger partial charge in [-0.05, 0) is 37.1 Å². The molecule has 3 aromatic rings. The molecule has 0 amide bonds. The van der Waals surface area contributed by atoms with Crippen LogP contribution in [0.3, 0.4) is 0 Å². The van der Waals surface area contributed by atoms with Crippen LogP contribution in [0.2, 0.25) is 0 Å². The van der Waals surface area contributed by atoms with Crippen molar-refractivity contribution in [3.63, 3.8) is 0 Å². The molecule has 0 bridgehead atoms. The molecule has 1 aliphatic carbocycles. The number of nitrogens with zero attached hydrogens (tertiary/aromatic N) is 3. The van der Waals surface area contributed by atoms with Crippen LogP contribution in [0.5, 0.6) is 0 Å². The van der Waals surface area contributed by atoms with Crippen molar-refractivity contribution < 1.29 is 21.1 Å². The summed E-state index contributed by atoms with van der Waals surface area (Å²) in [5.41, 5.74) is -1.47. The summed E-state index contributed by atoms with van der Waals surface area (Å²) in [5, 5.41) is 20.7. The molecular weight excluding hydrogens is 371 g/mol. The summed E-state index contributed by atoms with van der Waals surface area (Å²) in [6, 6.07) is 5.57. The second kappa shape index (κ2) is 7.05. The molecule has 0 spiro atoms. The maximum Gasteiger partial charge on any atom is 0.418 e. The maximum absolute atomic E-state index is 13.6. The lowest BCUT2D eigenvalue weighted by Crippen LogP contribution is -2.39. The second-order valence-electron chi connectivity index (χ2n) is 7.20. The summed E-state index contributed by atoms with van der Waals surface area (Å²) < 4.78 is 40.7. The van der Waals surface area contributed by atoms with Gasteiger partial charge < -0.3 is 10.4 Å². The van der Waals surface area contributed by atoms with Gasteiger partial charge in [0.25, 0.3) is 0 Å². The van der Waals surface area contributed by atoms with Crippen molar-refractivity contribution >= 4 is 16.9 Å². The topological polar surface area (TPSA) is 86.7 Å². The minimum Gasteiger partial charge on any atom is -0.388 e. The molecule has 3 heterocycles. The van der Waals surface area contributed by atoms with E-state index in [9.17, 15) is 18.3 Å². The summed E-state index contributed by atoms with van der Waals surface area (Å²) in [7, 11) is 0. The van der Waals surface area contributed by atoms with E-state index in [-0.39, 0.29) is 26.6 Å². The van der Waals surface area contributed by atoms with Crippen LogP contribution >= 0.6 is 0 Å². The number of pyridine rings is 2. The van der Waals surface area contributed by atoms with Crippen molar-refractivity contribution in [2.75, 3.05) is 11.9 Å². The highest BCUT2D eigenvalue weighted by atomic mass is 19.4. The molecular formula is C19H24F3N5O. The van der Waals surface area contributed by atoms with Crippen molar-refractivity contribution in [3.05, 3.63) is 36.0 Å². The zero-order chi connectivity index (χ0) is 19.8. The van der Waals surface area contributed by atoms with Crippen LogP contribution in [-0.4, -0.2) is 37.4 Å². The zero-order valence-electron chi connectivity index (χ0n) is 15.1. The normalized spacial score (nSPS) is 17.0. The number of fused-ring (bicyclic) bond motifs is 1. The predicted octanol–water partition coefficient (Wildman–Crippen LogP) is 4.64. The van der Waals surface area contributed by atoms with Crippen molar-refractivity contribution in [2.24, 2.45) is 0 Å². The summed E-state index contributed by atoms with van der Waals surface area (Å²) >= 11 is 0. The Bertz CT molecular complexity index is 990. The molecule has 0 saturated heterocycles. The number of hydrogen-bond acceptors (Lipinski definition) is 5. The van der Waals surface area contributed by atoms with Crippen LogP contribution < -0.4 is 5.32 Å². The van der Waals surface area contributed by atoms with E-state index in [1.54, 1.807) is 12.1 Å². The molecule has 6 nitrogen and oxygen atoms in total. The number of aromatic amines is 1. The first-order chi connectivity index (χ1) is 13.4. The lowest BCUT2D eigenvalue weighted by atomic mass is 9.85. The number of rotatable bonds is 4. The first-order valence-electron chi connectivity index (χ1n) is 9.20. The van der Waals surface area contributed by atoms with E-state index >= 15 is 0 Å². The fourth-order valence-electron chi connectivity index (χ4n) is 3.65. The Hall–Kier alpha value is -2.68. The average Bonchev–Trinajstić information content (AvgIpc) is 3.10. The number of aliphatic hydroxyl groups is 1. The Kier molecular flexibility index (Phi) is 4.70. The van der Waals surface area contributed by atoms with Gasteiger partial charge in [0.1, 0.15) is 11.5 Å². The third-order valence-electron chi connectivity index (χ3n) is 5.15. The molecule has 9 heteroatoms. The van der Waals surface area contributed by atoms with E-state index in [1.165, 1.54) is 12.3 Å². The van der Waals surface area contributed by atoms with Gasteiger partial charge in [0.15, 0.2) is 5.65 Å². The lowest BCUT2D eigenvalue weighted by molar-refractivity contribution is -0.137. The largest absolute Gasteiger partial charge is 0.418 e. The number of halogens is 3. The summed E-state index contributed by atoms with van der Waals surface area (Å²) in [6.45, 7) is 0.246. The molecule has 28 heavy (non-hydrogen) atoms. The minimum absolute atomic E-state index is 0. The molecule has 152 valence electrons. The van der Waals surface area contributed by atoms with Crippen LogP contribution in [0.1, 0.15) is 40.5 Å². The molecule has 0 atom stereocenters. The predicted molar refractivity (Wildman–Crippen MR) is 103 cm³/mol. The quantitative estimate of drug-likeness (QED) is 0.599. The molecule has 1 aliphatic rings. The minimum atomic E-state index is -4.57. The monoisotopic (exact) mass is 395 g/mol. The van der Waals surface area contributed by atoms with Gasteiger partial charge in [-0.25, -0.2) is 9.97 Å². The maximum atomic E-state index is 13.6. The second-order valence-corrected chi connectivity index (χ2v) is 7.20. The average molecular weight is 395 g/mol. The van der Waals surface area contributed by atoms with Gasteiger partial charge >= 0.3 is 6.18 Å². The van der Waals surface area contributed by atoms with Gasteiger partial charge in [-0.1, -0.05) is 19.3 Å². The molecule has 1 saturated carbocycles. The van der Waals surface area contributed by atoms with Crippen LogP contribution in [0.25, 0.3) is 22.4 Å². The third-order valence-corrected chi connectivity index (χ3v) is 5.15. The number of alkyl halides is 3. The number of H-pyrrole nitrogens is 1.